The second-order valence-electron chi connectivity index (χ2n) is 4.98. The maximum Gasteiger partial charge on any atom is 0.0705 e. The first-order valence-corrected chi connectivity index (χ1v) is 7.64. The molecule has 1 aromatic carbocycles. The van der Waals surface area contributed by atoms with Crippen molar-refractivity contribution in [3.8, 4) is 0 Å². The van der Waals surface area contributed by atoms with Crippen molar-refractivity contribution in [2.75, 3.05) is 12.8 Å². The summed E-state index contributed by atoms with van der Waals surface area (Å²) in [7, 11) is 0. The third-order valence-electron chi connectivity index (χ3n) is 3.74. The van der Waals surface area contributed by atoms with Crippen molar-refractivity contribution < 1.29 is 0 Å². The van der Waals surface area contributed by atoms with E-state index in [2.05, 4.69) is 40.8 Å². The van der Waals surface area contributed by atoms with E-state index >= 15 is 0 Å². The van der Waals surface area contributed by atoms with E-state index in [1.165, 1.54) is 23.8 Å². The molecule has 0 aliphatic heterocycles. The molecule has 2 nitrogen and oxygen atoms in total. The molecule has 3 heteroatoms. The number of rotatable bonds is 5. The van der Waals surface area contributed by atoms with Gasteiger partial charge < -0.3 is 5.32 Å². The Morgan fingerprint density at radius 3 is 2.89 bits per heavy atom. The molecule has 0 spiro atoms. The summed E-state index contributed by atoms with van der Waals surface area (Å²) >= 11 is 2.00. The molecular weight excluding hydrogens is 240 g/mol. The van der Waals surface area contributed by atoms with Crippen molar-refractivity contribution in [3.05, 3.63) is 42.1 Å². The second kappa shape index (κ2) is 4.90. The summed E-state index contributed by atoms with van der Waals surface area (Å²) in [6.45, 7) is 2.05. The fraction of sp³-hybridized carbons (Fsp3) is 0.400. The summed E-state index contributed by atoms with van der Waals surface area (Å²) in [6.07, 6.45) is 6.84. The Bertz CT molecular complexity index is 544. The molecule has 1 fully saturated rings. The lowest BCUT2D eigenvalue weighted by molar-refractivity contribution is 0.665. The summed E-state index contributed by atoms with van der Waals surface area (Å²) in [5.41, 5.74) is 2.43. The van der Waals surface area contributed by atoms with Gasteiger partial charge in [0.05, 0.1) is 5.52 Å². The van der Waals surface area contributed by atoms with Crippen molar-refractivity contribution in [1.82, 2.24) is 10.3 Å². The van der Waals surface area contributed by atoms with Gasteiger partial charge in [-0.2, -0.15) is 11.8 Å². The number of fused-ring (bicyclic) bond motifs is 1. The molecule has 1 heterocycles. The summed E-state index contributed by atoms with van der Waals surface area (Å²) in [5.74, 6) is 0. The van der Waals surface area contributed by atoms with Crippen molar-refractivity contribution in [3.63, 3.8) is 0 Å². The highest BCUT2D eigenvalue weighted by molar-refractivity contribution is 8.00. The molecule has 0 amide bonds. The lowest BCUT2D eigenvalue weighted by Gasteiger charge is -2.13. The van der Waals surface area contributed by atoms with Gasteiger partial charge in [-0.3, -0.25) is 4.98 Å². The monoisotopic (exact) mass is 258 g/mol. The highest BCUT2D eigenvalue weighted by atomic mass is 32.2. The Balaban J connectivity index is 1.71. The Kier molecular flexibility index (Phi) is 3.27. The molecule has 0 atom stereocenters. The molecule has 0 saturated heterocycles. The number of nitrogens with zero attached hydrogens (tertiary/aromatic N) is 1. The number of thioether (sulfide) groups is 1. The third-order valence-corrected chi connectivity index (χ3v) is 5.16. The van der Waals surface area contributed by atoms with Gasteiger partial charge >= 0.3 is 0 Å². The van der Waals surface area contributed by atoms with E-state index < -0.39 is 0 Å². The topological polar surface area (TPSA) is 24.9 Å². The molecule has 0 unspecified atom stereocenters. The zero-order valence-electron chi connectivity index (χ0n) is 10.6. The van der Waals surface area contributed by atoms with Crippen molar-refractivity contribution in [2.24, 2.45) is 0 Å². The summed E-state index contributed by atoms with van der Waals surface area (Å²) in [6, 6.07) is 10.5. The minimum atomic E-state index is 0.531. The fourth-order valence-corrected chi connectivity index (χ4v) is 3.08. The fourth-order valence-electron chi connectivity index (χ4n) is 2.33. The third kappa shape index (κ3) is 2.38. The van der Waals surface area contributed by atoms with E-state index in [0.29, 0.717) is 4.75 Å². The molecule has 2 aromatic rings. The van der Waals surface area contributed by atoms with Gasteiger partial charge in [0.1, 0.15) is 0 Å². The normalized spacial score (nSPS) is 16.9. The van der Waals surface area contributed by atoms with Crippen LogP contribution in [0.25, 0.3) is 10.9 Å². The summed E-state index contributed by atoms with van der Waals surface area (Å²) in [4.78, 5) is 4.40. The Morgan fingerprint density at radius 2 is 2.11 bits per heavy atom. The standard InChI is InChI=1S/C15H18N2S/c1-18-15(7-8-15)11-16-10-12-6-9-17-14-5-3-2-4-13(12)14/h2-6,9,16H,7-8,10-11H2,1H3. The lowest BCUT2D eigenvalue weighted by Crippen LogP contribution is -2.25. The number of hydrogen-bond donors (Lipinski definition) is 1. The molecule has 1 N–H and O–H groups in total. The SMILES string of the molecule is CSC1(CNCc2ccnc3ccccc23)CC1. The second-order valence-corrected chi connectivity index (χ2v) is 6.25. The van der Waals surface area contributed by atoms with Gasteiger partial charge in [-0.1, -0.05) is 18.2 Å². The van der Waals surface area contributed by atoms with Crippen LogP contribution in [0.5, 0.6) is 0 Å². The van der Waals surface area contributed by atoms with Crippen LogP contribution in [0.15, 0.2) is 36.5 Å². The molecule has 1 saturated carbocycles. The van der Waals surface area contributed by atoms with Crippen LogP contribution in [-0.2, 0) is 6.54 Å². The smallest absolute Gasteiger partial charge is 0.0705 e. The van der Waals surface area contributed by atoms with E-state index in [1.807, 2.05) is 24.0 Å². The van der Waals surface area contributed by atoms with Crippen LogP contribution in [0.1, 0.15) is 18.4 Å². The maximum absolute atomic E-state index is 4.40. The van der Waals surface area contributed by atoms with Gasteiger partial charge in [0.15, 0.2) is 0 Å². The zero-order chi connectivity index (χ0) is 12.4. The number of para-hydroxylation sites is 1. The largest absolute Gasteiger partial charge is 0.311 e. The van der Waals surface area contributed by atoms with Gasteiger partial charge in [0, 0.05) is 29.4 Å². The van der Waals surface area contributed by atoms with Gasteiger partial charge in [-0.05, 0) is 36.8 Å². The molecular formula is C15H18N2S. The highest BCUT2D eigenvalue weighted by Crippen LogP contribution is 2.46. The van der Waals surface area contributed by atoms with E-state index in [9.17, 15) is 0 Å². The quantitative estimate of drug-likeness (QED) is 0.891. The summed E-state index contributed by atoms with van der Waals surface area (Å²) < 4.78 is 0.531. The van der Waals surface area contributed by atoms with Gasteiger partial charge in [-0.25, -0.2) is 0 Å². The average Bonchev–Trinajstić information content (AvgIpc) is 3.20. The molecule has 1 aliphatic rings. The van der Waals surface area contributed by atoms with Gasteiger partial charge in [0.2, 0.25) is 0 Å². The first-order chi connectivity index (χ1) is 8.83. The molecule has 1 aliphatic carbocycles. The predicted molar refractivity (Wildman–Crippen MR) is 78.9 cm³/mol. The van der Waals surface area contributed by atoms with Crippen LogP contribution >= 0.6 is 11.8 Å². The molecule has 1 aromatic heterocycles. The molecule has 0 bridgehead atoms. The van der Waals surface area contributed by atoms with Crippen LogP contribution in [0.3, 0.4) is 0 Å². The van der Waals surface area contributed by atoms with Crippen LogP contribution in [0.4, 0.5) is 0 Å². The minimum absolute atomic E-state index is 0.531. The van der Waals surface area contributed by atoms with Crippen LogP contribution < -0.4 is 5.32 Å². The van der Waals surface area contributed by atoms with Crippen LogP contribution in [0, 0.1) is 0 Å². The van der Waals surface area contributed by atoms with Crippen molar-refractivity contribution in [1.29, 1.82) is 0 Å². The first kappa shape index (κ1) is 12.0. The Morgan fingerprint density at radius 1 is 1.28 bits per heavy atom. The number of nitrogens with one attached hydrogen (secondary N) is 1. The maximum atomic E-state index is 4.40. The number of benzene rings is 1. The molecule has 3 rings (SSSR count). The van der Waals surface area contributed by atoms with E-state index in [-0.39, 0.29) is 0 Å². The minimum Gasteiger partial charge on any atom is -0.311 e. The molecule has 94 valence electrons. The van der Waals surface area contributed by atoms with Crippen LogP contribution in [-0.4, -0.2) is 22.5 Å². The predicted octanol–water partition coefficient (Wildman–Crippen LogP) is 3.22. The first-order valence-electron chi connectivity index (χ1n) is 6.41. The van der Waals surface area contributed by atoms with Crippen molar-refractivity contribution in [2.45, 2.75) is 24.1 Å². The number of pyridine rings is 1. The van der Waals surface area contributed by atoms with E-state index in [4.69, 9.17) is 0 Å². The van der Waals surface area contributed by atoms with Gasteiger partial charge in [-0.15, -0.1) is 0 Å². The van der Waals surface area contributed by atoms with E-state index in [1.54, 1.807) is 0 Å². The zero-order valence-corrected chi connectivity index (χ0v) is 11.5. The molecule has 0 radical (unpaired) electrons. The lowest BCUT2D eigenvalue weighted by atomic mass is 10.1. The Hall–Kier alpha value is -1.06. The van der Waals surface area contributed by atoms with Crippen LogP contribution in [0.2, 0.25) is 0 Å². The number of hydrogen-bond acceptors (Lipinski definition) is 3. The number of aromatic nitrogens is 1. The molecule has 18 heavy (non-hydrogen) atoms. The average molecular weight is 258 g/mol. The Labute approximate surface area is 112 Å². The summed E-state index contributed by atoms with van der Waals surface area (Å²) in [5, 5.41) is 4.86. The van der Waals surface area contributed by atoms with E-state index in [0.717, 1.165) is 18.6 Å². The highest BCUT2D eigenvalue weighted by Gasteiger charge is 2.41. The van der Waals surface area contributed by atoms with Crippen molar-refractivity contribution >= 4 is 22.7 Å². The van der Waals surface area contributed by atoms with Gasteiger partial charge in [0.25, 0.3) is 0 Å².